The van der Waals surface area contributed by atoms with Crippen LogP contribution in [-0.2, 0) is 11.2 Å². The lowest BCUT2D eigenvalue weighted by atomic mass is 10.1. The van der Waals surface area contributed by atoms with Crippen molar-refractivity contribution in [1.82, 2.24) is 5.32 Å². The molecule has 158 valence electrons. The number of unbranched alkanes of at least 4 members (excludes halogenated alkanes) is 1. The van der Waals surface area contributed by atoms with Crippen LogP contribution in [-0.4, -0.2) is 36.3 Å². The van der Waals surface area contributed by atoms with Gasteiger partial charge in [-0.3, -0.25) is 4.79 Å². The van der Waals surface area contributed by atoms with E-state index < -0.39 is 0 Å². The molecule has 1 unspecified atom stereocenters. The van der Waals surface area contributed by atoms with Gasteiger partial charge in [0, 0.05) is 0 Å². The minimum absolute atomic E-state index is 0.0364. The summed E-state index contributed by atoms with van der Waals surface area (Å²) in [5, 5.41) is 11.4. The summed E-state index contributed by atoms with van der Waals surface area (Å²) >= 11 is 1.41. The molecular formula is C23H27N3O3S. The highest BCUT2D eigenvalue weighted by Crippen LogP contribution is 2.28. The van der Waals surface area contributed by atoms with Gasteiger partial charge < -0.3 is 14.8 Å². The number of aryl methyl sites for hydroxylation is 1. The Bertz CT molecular complexity index is 943. The van der Waals surface area contributed by atoms with E-state index in [1.165, 1.54) is 17.3 Å². The predicted molar refractivity (Wildman–Crippen MR) is 123 cm³/mol. The number of rotatable bonds is 9. The van der Waals surface area contributed by atoms with E-state index in [-0.39, 0.29) is 11.2 Å². The molecule has 1 heterocycles. The zero-order valence-electron chi connectivity index (χ0n) is 17.6. The van der Waals surface area contributed by atoms with Crippen LogP contribution in [0, 0.1) is 6.92 Å². The summed E-state index contributed by atoms with van der Waals surface area (Å²) in [6.45, 7) is 4.83. The average Bonchev–Trinajstić information content (AvgIpc) is 3.08. The van der Waals surface area contributed by atoms with E-state index in [0.717, 1.165) is 24.0 Å². The van der Waals surface area contributed by atoms with Gasteiger partial charge in [-0.25, -0.2) is 0 Å². The Balaban J connectivity index is 1.60. The third kappa shape index (κ3) is 6.10. The first-order valence-corrected chi connectivity index (χ1v) is 10.9. The minimum Gasteiger partial charge on any atom is -0.493 e. The fourth-order valence-electron chi connectivity index (χ4n) is 3.00. The number of methoxy groups -OCH3 is 1. The Morgan fingerprint density at radius 3 is 2.83 bits per heavy atom. The van der Waals surface area contributed by atoms with Gasteiger partial charge in [0.2, 0.25) is 5.91 Å². The molecule has 0 saturated carbocycles. The van der Waals surface area contributed by atoms with E-state index in [1.54, 1.807) is 13.3 Å². The van der Waals surface area contributed by atoms with Crippen LogP contribution in [0.3, 0.4) is 0 Å². The van der Waals surface area contributed by atoms with Gasteiger partial charge in [-0.05, 0) is 49.1 Å². The van der Waals surface area contributed by atoms with Crippen LogP contribution in [0.1, 0.15) is 36.5 Å². The first-order valence-electron chi connectivity index (χ1n) is 10.0. The molecule has 0 aliphatic carbocycles. The number of amides is 1. The summed E-state index contributed by atoms with van der Waals surface area (Å²) < 4.78 is 11.1. The van der Waals surface area contributed by atoms with Crippen molar-refractivity contribution in [3.8, 4) is 11.5 Å². The van der Waals surface area contributed by atoms with Gasteiger partial charge in [-0.15, -0.1) is 5.10 Å². The third-order valence-corrected chi connectivity index (χ3v) is 5.65. The Morgan fingerprint density at radius 2 is 2.07 bits per heavy atom. The molecule has 3 rings (SSSR count). The molecule has 2 aromatic carbocycles. The molecule has 1 amide bonds. The van der Waals surface area contributed by atoms with Gasteiger partial charge in [-0.2, -0.15) is 5.10 Å². The Morgan fingerprint density at radius 1 is 1.20 bits per heavy atom. The topological polar surface area (TPSA) is 72.3 Å². The number of nitrogens with one attached hydrogen (secondary N) is 1. The molecule has 0 radical (unpaired) electrons. The second-order valence-electron chi connectivity index (χ2n) is 7.05. The minimum atomic E-state index is -0.194. The molecule has 1 atom stereocenters. The number of carbonyl (C=O) groups excluding carboxylic acids is 1. The highest BCUT2D eigenvalue weighted by molar-refractivity contribution is 8.15. The number of hydrogen-bond donors (Lipinski definition) is 1. The van der Waals surface area contributed by atoms with Gasteiger partial charge in [0.15, 0.2) is 16.7 Å². The number of ether oxygens (including phenoxy) is 2. The molecule has 6 nitrogen and oxygen atoms in total. The van der Waals surface area contributed by atoms with Crippen LogP contribution in [0.15, 0.2) is 52.7 Å². The van der Waals surface area contributed by atoms with Gasteiger partial charge >= 0.3 is 0 Å². The van der Waals surface area contributed by atoms with Gasteiger partial charge in [0.05, 0.1) is 25.2 Å². The van der Waals surface area contributed by atoms with Crippen LogP contribution in [0.4, 0.5) is 0 Å². The van der Waals surface area contributed by atoms with Crippen molar-refractivity contribution < 1.29 is 14.3 Å². The maximum atomic E-state index is 12.2. The normalized spacial score (nSPS) is 17.5. The maximum absolute atomic E-state index is 12.2. The smallest absolute Gasteiger partial charge is 0.239 e. The predicted octanol–water partition coefficient (Wildman–Crippen LogP) is 4.35. The molecule has 0 aromatic heterocycles. The van der Waals surface area contributed by atoms with Crippen LogP contribution >= 0.6 is 11.8 Å². The number of benzene rings is 2. The number of thioether (sulfide) groups is 1. The average molecular weight is 426 g/mol. The van der Waals surface area contributed by atoms with Crippen molar-refractivity contribution in [2.75, 3.05) is 13.7 Å². The molecule has 2 aromatic rings. The summed E-state index contributed by atoms with van der Waals surface area (Å²) in [7, 11) is 1.61. The summed E-state index contributed by atoms with van der Waals surface area (Å²) in [5.41, 5.74) is 3.16. The molecule has 30 heavy (non-hydrogen) atoms. The van der Waals surface area contributed by atoms with E-state index in [4.69, 9.17) is 9.47 Å². The van der Waals surface area contributed by atoms with E-state index >= 15 is 0 Å². The molecule has 0 bridgehead atoms. The van der Waals surface area contributed by atoms with Gasteiger partial charge in [-0.1, -0.05) is 54.9 Å². The van der Waals surface area contributed by atoms with Crippen molar-refractivity contribution >= 4 is 29.1 Å². The maximum Gasteiger partial charge on any atom is 0.239 e. The first kappa shape index (κ1) is 21.9. The number of amidine groups is 1. The summed E-state index contributed by atoms with van der Waals surface area (Å²) in [6.07, 6.45) is 4.37. The molecule has 1 N–H and O–H groups in total. The standard InChI is InChI=1S/C23H27N3O3S/c1-4-5-11-29-19-10-9-18(13-20(19)28-3)15-24-26-23-25-22(27)21(30-23)14-17-8-6-7-16(2)12-17/h6-10,12-13,15,21H,4-5,11,14H2,1-3H3,(H,25,26,27)/b24-15+. The van der Waals surface area contributed by atoms with Crippen molar-refractivity contribution in [3.05, 3.63) is 59.2 Å². The fraction of sp³-hybridized carbons (Fsp3) is 0.348. The van der Waals surface area contributed by atoms with Crippen LogP contribution in [0.2, 0.25) is 0 Å². The lowest BCUT2D eigenvalue weighted by Gasteiger charge is -2.10. The second-order valence-corrected chi connectivity index (χ2v) is 8.24. The summed E-state index contributed by atoms with van der Waals surface area (Å²) in [4.78, 5) is 12.2. The fourth-order valence-corrected chi connectivity index (χ4v) is 3.96. The molecule has 0 spiro atoms. The Kier molecular flexibility index (Phi) is 7.90. The summed E-state index contributed by atoms with van der Waals surface area (Å²) in [5.74, 6) is 1.34. The lowest BCUT2D eigenvalue weighted by Crippen LogP contribution is -2.25. The third-order valence-electron chi connectivity index (χ3n) is 4.58. The van der Waals surface area contributed by atoms with E-state index in [0.29, 0.717) is 29.7 Å². The van der Waals surface area contributed by atoms with E-state index in [9.17, 15) is 4.79 Å². The molecule has 1 aliphatic rings. The SMILES string of the molecule is CCCCOc1ccc(/C=N/N=C2\NC(=O)C(Cc3cccc(C)c3)S2)cc1OC. The molecule has 7 heteroatoms. The second kappa shape index (κ2) is 10.8. The quantitative estimate of drug-likeness (QED) is 0.368. The lowest BCUT2D eigenvalue weighted by molar-refractivity contribution is -0.118. The first-order chi connectivity index (χ1) is 14.6. The highest BCUT2D eigenvalue weighted by Gasteiger charge is 2.30. The number of carbonyl (C=O) groups is 1. The molecule has 1 saturated heterocycles. The molecular weight excluding hydrogens is 398 g/mol. The van der Waals surface area contributed by atoms with E-state index in [1.807, 2.05) is 43.3 Å². The molecule has 1 fully saturated rings. The van der Waals surface area contributed by atoms with Crippen molar-refractivity contribution in [2.24, 2.45) is 10.2 Å². The van der Waals surface area contributed by atoms with Crippen LogP contribution in [0.25, 0.3) is 0 Å². The largest absolute Gasteiger partial charge is 0.493 e. The monoisotopic (exact) mass is 425 g/mol. The van der Waals surface area contributed by atoms with Gasteiger partial charge in [0.1, 0.15) is 0 Å². The molecule has 1 aliphatic heterocycles. The zero-order valence-corrected chi connectivity index (χ0v) is 18.4. The Hall–Kier alpha value is -2.80. The highest BCUT2D eigenvalue weighted by atomic mass is 32.2. The summed E-state index contributed by atoms with van der Waals surface area (Å²) in [6, 6.07) is 13.8. The van der Waals surface area contributed by atoms with Gasteiger partial charge in [0.25, 0.3) is 0 Å². The van der Waals surface area contributed by atoms with Crippen molar-refractivity contribution in [3.63, 3.8) is 0 Å². The number of nitrogens with zero attached hydrogens (tertiary/aromatic N) is 2. The van der Waals surface area contributed by atoms with Crippen LogP contribution in [0.5, 0.6) is 11.5 Å². The zero-order chi connectivity index (χ0) is 21.3. The van der Waals surface area contributed by atoms with E-state index in [2.05, 4.69) is 28.5 Å². The van der Waals surface area contributed by atoms with Crippen molar-refractivity contribution in [2.45, 2.75) is 38.4 Å². The van der Waals surface area contributed by atoms with Crippen molar-refractivity contribution in [1.29, 1.82) is 0 Å². The number of hydrogen-bond acceptors (Lipinski definition) is 6. The van der Waals surface area contributed by atoms with Crippen LogP contribution < -0.4 is 14.8 Å². The Labute approximate surface area is 181 Å².